The van der Waals surface area contributed by atoms with Gasteiger partial charge in [0, 0.05) is 12.8 Å². The molecule has 0 rings (SSSR count). The second-order valence-corrected chi connectivity index (χ2v) is 20.0. The van der Waals surface area contributed by atoms with Crippen LogP contribution >= 0.6 is 0 Å². The molecule has 0 heterocycles. The molecule has 0 spiro atoms. The van der Waals surface area contributed by atoms with E-state index in [2.05, 4.69) is 55.6 Å². The van der Waals surface area contributed by atoms with E-state index in [4.69, 9.17) is 4.74 Å². The van der Waals surface area contributed by atoms with Crippen LogP contribution in [0, 0.1) is 0 Å². The molecule has 0 aliphatic heterocycles. The Kier molecular flexibility index (Phi) is 54.1. The molecule has 1 amide bonds. The first-order valence-electron chi connectivity index (χ1n) is 29.2. The normalized spacial score (nSPS) is 12.8. The maximum absolute atomic E-state index is 12.4. The van der Waals surface area contributed by atoms with Gasteiger partial charge in [0.1, 0.15) is 0 Å². The number of nitrogens with one attached hydrogen (secondary N) is 1. The minimum Gasteiger partial charge on any atom is -0.466 e. The maximum atomic E-state index is 12.4. The quantitative estimate of drug-likeness (QED) is 0.0321. The molecule has 0 saturated carbocycles. The first-order valence-corrected chi connectivity index (χ1v) is 29.2. The van der Waals surface area contributed by atoms with Crippen LogP contribution in [0.4, 0.5) is 0 Å². The van der Waals surface area contributed by atoms with Crippen LogP contribution in [0.2, 0.25) is 0 Å². The smallest absolute Gasteiger partial charge is 0.305 e. The second kappa shape index (κ2) is 55.7. The zero-order chi connectivity index (χ0) is 47.9. The first-order chi connectivity index (χ1) is 32.5. The number of aliphatic hydroxyl groups excluding tert-OH is 2. The Hall–Kier alpha value is -1.92. The number of carbonyl (C=O) groups excluding carboxylic acids is 2. The van der Waals surface area contributed by atoms with E-state index in [0.717, 1.165) is 51.4 Å². The van der Waals surface area contributed by atoms with Crippen molar-refractivity contribution in [2.75, 3.05) is 13.2 Å². The van der Waals surface area contributed by atoms with Crippen LogP contribution in [0.25, 0.3) is 0 Å². The number of unbranched alkanes of at least 4 members (excludes halogenated alkanes) is 37. The Morgan fingerprint density at radius 3 is 1.18 bits per heavy atom. The second-order valence-electron chi connectivity index (χ2n) is 20.0. The fraction of sp³-hybridized carbons (Fsp3) is 0.867. The van der Waals surface area contributed by atoms with Gasteiger partial charge in [-0.2, -0.15) is 0 Å². The van der Waals surface area contributed by atoms with E-state index in [1.807, 2.05) is 0 Å². The van der Waals surface area contributed by atoms with Crippen molar-refractivity contribution in [3.05, 3.63) is 36.5 Å². The van der Waals surface area contributed by atoms with Gasteiger partial charge in [0.2, 0.25) is 5.91 Å². The highest BCUT2D eigenvalue weighted by Crippen LogP contribution is 2.16. The van der Waals surface area contributed by atoms with Gasteiger partial charge in [-0.1, -0.05) is 249 Å². The number of allylic oxidation sites excluding steroid dienone is 6. The number of carbonyl (C=O) groups is 2. The molecule has 0 aliphatic carbocycles. The van der Waals surface area contributed by atoms with Gasteiger partial charge >= 0.3 is 5.97 Å². The van der Waals surface area contributed by atoms with Crippen molar-refractivity contribution < 1.29 is 24.5 Å². The SMILES string of the molecule is CCCCCC/C=C\C/C=C\CCCCCCCCCC(=O)OCCCCCCCCCCCC/C=C\CCCCCCCCCC(=O)NC(CO)C(O)CCCCCCCCCCCC. The maximum Gasteiger partial charge on any atom is 0.305 e. The van der Waals surface area contributed by atoms with Gasteiger partial charge in [0.25, 0.3) is 0 Å². The van der Waals surface area contributed by atoms with Crippen molar-refractivity contribution in [1.82, 2.24) is 5.32 Å². The summed E-state index contributed by atoms with van der Waals surface area (Å²) in [5.74, 6) is -0.0440. The summed E-state index contributed by atoms with van der Waals surface area (Å²) in [7, 11) is 0. The summed E-state index contributed by atoms with van der Waals surface area (Å²) in [6.07, 6.45) is 68.6. The Balaban J connectivity index is 3.40. The van der Waals surface area contributed by atoms with Crippen molar-refractivity contribution in [1.29, 1.82) is 0 Å². The van der Waals surface area contributed by atoms with Gasteiger partial charge < -0.3 is 20.3 Å². The minimum atomic E-state index is -0.667. The van der Waals surface area contributed by atoms with Crippen LogP contribution in [-0.4, -0.2) is 47.4 Å². The average Bonchev–Trinajstić information content (AvgIpc) is 3.32. The molecule has 0 aromatic heterocycles. The van der Waals surface area contributed by atoms with E-state index >= 15 is 0 Å². The average molecular weight is 929 g/mol. The topological polar surface area (TPSA) is 95.9 Å². The number of aliphatic hydroxyl groups is 2. The van der Waals surface area contributed by atoms with E-state index < -0.39 is 12.1 Å². The summed E-state index contributed by atoms with van der Waals surface area (Å²) < 4.78 is 5.48. The first kappa shape index (κ1) is 64.1. The molecular formula is C60H113NO5. The zero-order valence-electron chi connectivity index (χ0n) is 44.2. The molecule has 0 radical (unpaired) electrons. The molecule has 66 heavy (non-hydrogen) atoms. The van der Waals surface area contributed by atoms with Crippen molar-refractivity contribution in [3.8, 4) is 0 Å². The van der Waals surface area contributed by atoms with Gasteiger partial charge in [-0.05, 0) is 83.5 Å². The molecule has 6 nitrogen and oxygen atoms in total. The predicted octanol–water partition coefficient (Wildman–Crippen LogP) is 18.0. The van der Waals surface area contributed by atoms with E-state index in [1.54, 1.807) is 0 Å². The van der Waals surface area contributed by atoms with Crippen molar-refractivity contribution >= 4 is 11.9 Å². The van der Waals surface area contributed by atoms with Crippen LogP contribution in [0.5, 0.6) is 0 Å². The van der Waals surface area contributed by atoms with Gasteiger partial charge in [0.15, 0.2) is 0 Å². The van der Waals surface area contributed by atoms with Gasteiger partial charge in [-0.3, -0.25) is 9.59 Å². The standard InChI is InChI=1S/C60H113NO5/c1-3-5-7-9-11-13-15-16-17-18-25-28-31-34-38-42-46-50-54-60(65)66-55-51-47-43-39-35-32-29-26-23-21-19-20-22-24-27-30-33-37-41-45-49-53-59(64)61-57(56-62)58(63)52-48-44-40-36-14-12-10-8-6-4-2/h13,15,17-18,20,22,57-58,62-63H,3-12,14,16,19,21,23-56H2,1-2H3,(H,61,64)/b15-13-,18-17-,22-20-. The highest BCUT2D eigenvalue weighted by atomic mass is 16.5. The lowest BCUT2D eigenvalue weighted by molar-refractivity contribution is -0.143. The molecule has 2 atom stereocenters. The Bertz CT molecular complexity index is 1070. The molecule has 0 saturated heterocycles. The summed E-state index contributed by atoms with van der Waals surface area (Å²) in [4.78, 5) is 24.5. The van der Waals surface area contributed by atoms with Gasteiger partial charge in [-0.15, -0.1) is 0 Å². The lowest BCUT2D eigenvalue weighted by atomic mass is 10.0. The number of esters is 1. The zero-order valence-corrected chi connectivity index (χ0v) is 44.2. The monoisotopic (exact) mass is 928 g/mol. The summed E-state index contributed by atoms with van der Waals surface area (Å²) in [5, 5.41) is 23.1. The van der Waals surface area contributed by atoms with Crippen LogP contribution in [0.15, 0.2) is 36.5 Å². The van der Waals surface area contributed by atoms with Crippen LogP contribution in [-0.2, 0) is 14.3 Å². The number of rotatable bonds is 54. The van der Waals surface area contributed by atoms with E-state index in [0.29, 0.717) is 25.9 Å². The summed E-state index contributed by atoms with van der Waals surface area (Å²) in [6.45, 7) is 4.91. The number of hydrogen-bond donors (Lipinski definition) is 3. The van der Waals surface area contributed by atoms with E-state index in [1.165, 1.54) is 225 Å². The molecule has 3 N–H and O–H groups in total. The largest absolute Gasteiger partial charge is 0.466 e. The summed E-state index contributed by atoms with van der Waals surface area (Å²) in [6, 6.07) is -0.546. The fourth-order valence-electron chi connectivity index (χ4n) is 8.90. The molecule has 2 unspecified atom stereocenters. The number of amides is 1. The van der Waals surface area contributed by atoms with Gasteiger partial charge in [0.05, 0.1) is 25.4 Å². The highest BCUT2D eigenvalue weighted by Gasteiger charge is 2.20. The van der Waals surface area contributed by atoms with E-state index in [-0.39, 0.29) is 18.5 Å². The third kappa shape index (κ3) is 51.5. The fourth-order valence-corrected chi connectivity index (χ4v) is 8.90. The van der Waals surface area contributed by atoms with Crippen LogP contribution in [0.1, 0.15) is 309 Å². The molecule has 0 aromatic rings. The third-order valence-corrected chi connectivity index (χ3v) is 13.4. The van der Waals surface area contributed by atoms with Gasteiger partial charge in [-0.25, -0.2) is 0 Å². The highest BCUT2D eigenvalue weighted by molar-refractivity contribution is 5.76. The van der Waals surface area contributed by atoms with Crippen LogP contribution < -0.4 is 5.32 Å². The predicted molar refractivity (Wildman–Crippen MR) is 287 cm³/mol. The lowest BCUT2D eigenvalue weighted by Gasteiger charge is -2.22. The molecule has 0 aromatic carbocycles. The molecule has 388 valence electrons. The van der Waals surface area contributed by atoms with Crippen molar-refractivity contribution in [2.45, 2.75) is 321 Å². The minimum absolute atomic E-state index is 0.000606. The lowest BCUT2D eigenvalue weighted by Crippen LogP contribution is -2.45. The molecule has 6 heteroatoms. The number of hydrogen-bond acceptors (Lipinski definition) is 5. The van der Waals surface area contributed by atoms with Crippen molar-refractivity contribution in [3.63, 3.8) is 0 Å². The van der Waals surface area contributed by atoms with Crippen LogP contribution in [0.3, 0.4) is 0 Å². The molecule has 0 aliphatic rings. The Morgan fingerprint density at radius 1 is 0.424 bits per heavy atom. The Morgan fingerprint density at radius 2 is 0.758 bits per heavy atom. The third-order valence-electron chi connectivity index (χ3n) is 13.4. The Labute approximate surface area is 411 Å². The molecule has 0 fully saturated rings. The summed E-state index contributed by atoms with van der Waals surface area (Å²) >= 11 is 0. The van der Waals surface area contributed by atoms with Crippen molar-refractivity contribution in [2.24, 2.45) is 0 Å². The summed E-state index contributed by atoms with van der Waals surface area (Å²) in [5.41, 5.74) is 0. The van der Waals surface area contributed by atoms with E-state index in [9.17, 15) is 19.8 Å². The molecular weight excluding hydrogens is 815 g/mol. The molecule has 0 bridgehead atoms. The number of ether oxygens (including phenoxy) is 1.